The molecule has 0 bridgehead atoms. The predicted octanol–water partition coefficient (Wildman–Crippen LogP) is 1.35. The zero-order valence-electron chi connectivity index (χ0n) is 6.16. The largest absolute Gasteiger partial charge is 0.382 e. The van der Waals surface area contributed by atoms with Crippen LogP contribution in [0.2, 0.25) is 0 Å². The van der Waals surface area contributed by atoms with E-state index in [1.54, 1.807) is 6.07 Å². The molecular weight excluding hydrogens is 157 g/mol. The van der Waals surface area contributed by atoms with Gasteiger partial charge in [0.2, 0.25) is 0 Å². The highest BCUT2D eigenvalue weighted by Crippen LogP contribution is 2.11. The highest BCUT2D eigenvalue weighted by Gasteiger charge is 1.97. The maximum atomic E-state index is 12.7. The Morgan fingerprint density at radius 2 is 2.08 bits per heavy atom. The number of nitrogens with two attached hydrogens (primary N) is 1. The normalized spacial score (nSPS) is 10.4. The number of aromatic nitrogens is 2. The fraction of sp³-hybridized carbons (Fsp3) is 0. The van der Waals surface area contributed by atoms with Crippen molar-refractivity contribution in [1.82, 2.24) is 9.97 Å². The quantitative estimate of drug-likeness (QED) is 0.637. The van der Waals surface area contributed by atoms with Crippen LogP contribution in [0.5, 0.6) is 0 Å². The van der Waals surface area contributed by atoms with Gasteiger partial charge in [-0.15, -0.1) is 0 Å². The molecule has 3 nitrogen and oxygen atoms in total. The third kappa shape index (κ3) is 1.07. The van der Waals surface area contributed by atoms with Crippen molar-refractivity contribution in [3.63, 3.8) is 0 Å². The molecule has 1 aromatic heterocycles. The Morgan fingerprint density at radius 1 is 1.25 bits per heavy atom. The van der Waals surface area contributed by atoms with Crippen LogP contribution in [0.3, 0.4) is 0 Å². The number of benzene rings is 1. The molecule has 0 aliphatic carbocycles. The minimum Gasteiger partial charge on any atom is -0.382 e. The summed E-state index contributed by atoms with van der Waals surface area (Å²) in [5, 5.41) is 0. The van der Waals surface area contributed by atoms with Gasteiger partial charge in [0.05, 0.1) is 17.2 Å². The molecule has 12 heavy (non-hydrogen) atoms. The van der Waals surface area contributed by atoms with Crippen LogP contribution >= 0.6 is 0 Å². The molecule has 0 spiro atoms. The molecule has 4 heteroatoms. The minimum atomic E-state index is -0.331. The molecule has 0 saturated carbocycles. The third-order valence-electron chi connectivity index (χ3n) is 1.52. The molecule has 0 saturated heterocycles. The van der Waals surface area contributed by atoms with Crippen molar-refractivity contribution in [3.05, 3.63) is 30.2 Å². The summed E-state index contributed by atoms with van der Waals surface area (Å²) in [6.45, 7) is 0. The Bertz CT molecular complexity index is 391. The van der Waals surface area contributed by atoms with E-state index < -0.39 is 0 Å². The van der Waals surface area contributed by atoms with E-state index in [1.807, 2.05) is 0 Å². The van der Waals surface area contributed by atoms with Gasteiger partial charge in [-0.25, -0.2) is 9.37 Å². The lowest BCUT2D eigenvalue weighted by Gasteiger charge is -1.96. The van der Waals surface area contributed by atoms with Gasteiger partial charge in [-0.05, 0) is 12.1 Å². The van der Waals surface area contributed by atoms with Crippen molar-refractivity contribution in [1.29, 1.82) is 0 Å². The molecule has 0 aliphatic heterocycles. The second-order valence-corrected chi connectivity index (χ2v) is 2.43. The molecule has 2 aromatic rings. The average molecular weight is 163 g/mol. The monoisotopic (exact) mass is 163 g/mol. The lowest BCUT2D eigenvalue weighted by Crippen LogP contribution is -1.92. The summed E-state index contributed by atoms with van der Waals surface area (Å²) in [7, 11) is 0. The number of hydrogen-bond donors (Lipinski definition) is 1. The van der Waals surface area contributed by atoms with Crippen LogP contribution in [-0.2, 0) is 0 Å². The first-order valence-corrected chi connectivity index (χ1v) is 3.43. The summed E-state index contributed by atoms with van der Waals surface area (Å²) in [5.41, 5.74) is 6.50. The van der Waals surface area contributed by atoms with Crippen molar-refractivity contribution in [2.45, 2.75) is 0 Å². The SMILES string of the molecule is Nc1cnc2ccc(F)cc2n1. The highest BCUT2D eigenvalue weighted by molar-refractivity contribution is 5.75. The minimum absolute atomic E-state index is 0.299. The van der Waals surface area contributed by atoms with Gasteiger partial charge in [0.15, 0.2) is 0 Å². The maximum absolute atomic E-state index is 12.7. The molecule has 0 unspecified atom stereocenters. The number of anilines is 1. The van der Waals surface area contributed by atoms with E-state index in [0.717, 1.165) is 0 Å². The Hall–Kier alpha value is -1.71. The fourth-order valence-electron chi connectivity index (χ4n) is 0.999. The first-order valence-electron chi connectivity index (χ1n) is 3.43. The molecule has 2 N–H and O–H groups in total. The van der Waals surface area contributed by atoms with Crippen molar-refractivity contribution in [2.24, 2.45) is 0 Å². The van der Waals surface area contributed by atoms with E-state index in [1.165, 1.54) is 18.3 Å². The Morgan fingerprint density at radius 3 is 2.92 bits per heavy atom. The summed E-state index contributed by atoms with van der Waals surface area (Å²) in [6.07, 6.45) is 1.44. The van der Waals surface area contributed by atoms with Crippen LogP contribution in [0.1, 0.15) is 0 Å². The molecule has 0 amide bonds. The van der Waals surface area contributed by atoms with Gasteiger partial charge in [-0.1, -0.05) is 0 Å². The van der Waals surface area contributed by atoms with Gasteiger partial charge in [-0.2, -0.15) is 0 Å². The van der Waals surface area contributed by atoms with Gasteiger partial charge in [0.1, 0.15) is 11.6 Å². The molecule has 2 rings (SSSR count). The second kappa shape index (κ2) is 2.41. The molecule has 0 fully saturated rings. The fourth-order valence-corrected chi connectivity index (χ4v) is 0.999. The van der Waals surface area contributed by atoms with Gasteiger partial charge in [0, 0.05) is 6.07 Å². The third-order valence-corrected chi connectivity index (χ3v) is 1.52. The van der Waals surface area contributed by atoms with Gasteiger partial charge >= 0.3 is 0 Å². The summed E-state index contributed by atoms with van der Waals surface area (Å²) in [4.78, 5) is 7.88. The lowest BCUT2D eigenvalue weighted by molar-refractivity contribution is 0.629. The predicted molar refractivity (Wildman–Crippen MR) is 43.9 cm³/mol. The summed E-state index contributed by atoms with van der Waals surface area (Å²) in [6, 6.07) is 4.21. The van der Waals surface area contributed by atoms with E-state index in [4.69, 9.17) is 5.73 Å². The Labute approximate surface area is 68.1 Å². The Kier molecular flexibility index (Phi) is 1.40. The zero-order chi connectivity index (χ0) is 8.55. The van der Waals surface area contributed by atoms with Crippen LogP contribution in [-0.4, -0.2) is 9.97 Å². The van der Waals surface area contributed by atoms with E-state index in [9.17, 15) is 4.39 Å². The van der Waals surface area contributed by atoms with E-state index in [2.05, 4.69) is 9.97 Å². The second-order valence-electron chi connectivity index (χ2n) is 2.43. The summed E-state index contributed by atoms with van der Waals surface area (Å²) < 4.78 is 12.7. The van der Waals surface area contributed by atoms with E-state index in [-0.39, 0.29) is 5.82 Å². The molecule has 60 valence electrons. The molecule has 1 heterocycles. The molecule has 0 atom stereocenters. The van der Waals surface area contributed by atoms with Crippen LogP contribution in [0, 0.1) is 5.82 Å². The number of halogens is 1. The summed E-state index contributed by atoms with van der Waals surface area (Å²) in [5.74, 6) is -0.0319. The zero-order valence-corrected chi connectivity index (χ0v) is 6.16. The number of fused-ring (bicyclic) bond motifs is 1. The van der Waals surface area contributed by atoms with Gasteiger partial charge in [-0.3, -0.25) is 4.98 Å². The lowest BCUT2D eigenvalue weighted by atomic mass is 10.3. The van der Waals surface area contributed by atoms with Crippen molar-refractivity contribution in [3.8, 4) is 0 Å². The van der Waals surface area contributed by atoms with Crippen molar-refractivity contribution < 1.29 is 4.39 Å². The van der Waals surface area contributed by atoms with Crippen LogP contribution in [0.4, 0.5) is 10.2 Å². The number of rotatable bonds is 0. The first kappa shape index (κ1) is 6.97. The molecule has 0 aliphatic rings. The number of nitrogens with zero attached hydrogens (tertiary/aromatic N) is 2. The molecule has 1 aromatic carbocycles. The van der Waals surface area contributed by atoms with Crippen LogP contribution < -0.4 is 5.73 Å². The van der Waals surface area contributed by atoms with Crippen molar-refractivity contribution in [2.75, 3.05) is 5.73 Å². The smallest absolute Gasteiger partial charge is 0.142 e. The Balaban J connectivity index is 2.80. The van der Waals surface area contributed by atoms with Crippen LogP contribution in [0.15, 0.2) is 24.4 Å². The molecular formula is C8H6FN3. The van der Waals surface area contributed by atoms with Gasteiger partial charge < -0.3 is 5.73 Å². The first-order chi connectivity index (χ1) is 5.75. The standard InChI is InChI=1S/C8H6FN3/c9-5-1-2-6-7(3-5)12-8(10)4-11-6/h1-4H,(H2,10,12). The number of hydrogen-bond acceptors (Lipinski definition) is 3. The maximum Gasteiger partial charge on any atom is 0.142 e. The number of nitrogen functional groups attached to an aromatic ring is 1. The van der Waals surface area contributed by atoms with E-state index in [0.29, 0.717) is 16.9 Å². The summed E-state index contributed by atoms with van der Waals surface area (Å²) >= 11 is 0. The van der Waals surface area contributed by atoms with Gasteiger partial charge in [0.25, 0.3) is 0 Å². The molecule has 0 radical (unpaired) electrons. The van der Waals surface area contributed by atoms with Crippen LogP contribution in [0.25, 0.3) is 11.0 Å². The van der Waals surface area contributed by atoms with Crippen molar-refractivity contribution >= 4 is 16.9 Å². The van der Waals surface area contributed by atoms with E-state index >= 15 is 0 Å². The highest BCUT2D eigenvalue weighted by atomic mass is 19.1. The average Bonchev–Trinajstić information content (AvgIpc) is 2.03. The topological polar surface area (TPSA) is 51.8 Å².